The van der Waals surface area contributed by atoms with Crippen LogP contribution in [-0.2, 0) is 6.42 Å². The zero-order chi connectivity index (χ0) is 13.1. The van der Waals surface area contributed by atoms with Crippen LogP contribution in [0.3, 0.4) is 0 Å². The molecule has 0 aliphatic heterocycles. The molecule has 4 heteroatoms. The molecule has 92 valence electrons. The molecule has 4 nitrogen and oxygen atoms in total. The molecule has 0 fully saturated rings. The molecule has 0 saturated carbocycles. The van der Waals surface area contributed by atoms with Gasteiger partial charge in [-0.05, 0) is 31.4 Å². The van der Waals surface area contributed by atoms with E-state index in [4.69, 9.17) is 5.26 Å². The molecule has 0 amide bonds. The van der Waals surface area contributed by atoms with Crippen LogP contribution >= 0.6 is 0 Å². The van der Waals surface area contributed by atoms with Gasteiger partial charge in [0.2, 0.25) is 0 Å². The topological polar surface area (TPSA) is 54.5 Å². The average Bonchev–Trinajstić information content (AvgIpc) is 2.72. The predicted octanol–water partition coefficient (Wildman–Crippen LogP) is 2.65. The molecular weight excluding hydrogens is 224 g/mol. The average molecular weight is 240 g/mol. The number of rotatable bonds is 3. The molecule has 1 aromatic carbocycles. The van der Waals surface area contributed by atoms with Crippen LogP contribution in [0.15, 0.2) is 24.3 Å². The first-order chi connectivity index (χ1) is 8.61. The van der Waals surface area contributed by atoms with Gasteiger partial charge in [-0.2, -0.15) is 5.26 Å². The summed E-state index contributed by atoms with van der Waals surface area (Å²) in [7, 11) is 0. The van der Waals surface area contributed by atoms with Gasteiger partial charge in [0.25, 0.3) is 0 Å². The Balaban J connectivity index is 2.47. The summed E-state index contributed by atoms with van der Waals surface area (Å²) in [6.45, 7) is 6.28. The summed E-state index contributed by atoms with van der Waals surface area (Å²) < 4.78 is 1.76. The second-order valence-electron chi connectivity index (χ2n) is 4.84. The smallest absolute Gasteiger partial charge is 0.186 e. The van der Waals surface area contributed by atoms with E-state index in [1.807, 2.05) is 31.2 Å². The van der Waals surface area contributed by atoms with Gasteiger partial charge in [0.05, 0.1) is 11.4 Å². The lowest BCUT2D eigenvalue weighted by Gasteiger charge is -2.08. The van der Waals surface area contributed by atoms with E-state index in [1.165, 1.54) is 5.56 Å². The Kier molecular flexibility index (Phi) is 3.42. The van der Waals surface area contributed by atoms with Crippen molar-refractivity contribution < 1.29 is 0 Å². The number of aromatic nitrogens is 3. The number of aryl methyl sites for hydroxylation is 1. The van der Waals surface area contributed by atoms with E-state index in [-0.39, 0.29) is 0 Å². The largest absolute Gasteiger partial charge is 0.216 e. The number of benzene rings is 1. The van der Waals surface area contributed by atoms with Crippen LogP contribution < -0.4 is 0 Å². The van der Waals surface area contributed by atoms with Crippen molar-refractivity contribution in [3.63, 3.8) is 0 Å². The second kappa shape index (κ2) is 5.01. The van der Waals surface area contributed by atoms with Gasteiger partial charge >= 0.3 is 0 Å². The van der Waals surface area contributed by atoms with E-state index < -0.39 is 0 Å². The minimum absolute atomic E-state index is 0.421. The minimum atomic E-state index is 0.421. The summed E-state index contributed by atoms with van der Waals surface area (Å²) in [5, 5.41) is 17.1. The summed E-state index contributed by atoms with van der Waals surface area (Å²) in [5.41, 5.74) is 3.45. The van der Waals surface area contributed by atoms with Crippen LogP contribution in [0.5, 0.6) is 0 Å². The van der Waals surface area contributed by atoms with Crippen LogP contribution in [-0.4, -0.2) is 15.0 Å². The highest BCUT2D eigenvalue weighted by molar-refractivity contribution is 5.38. The molecule has 0 aliphatic rings. The maximum Gasteiger partial charge on any atom is 0.186 e. The standard InChI is InChI=1S/C14H16N4/c1-10(2)8-14-13(9-15)16-17-18(14)12-6-4-11(3)5-7-12/h4-7,10H,8H2,1-3H3. The van der Waals surface area contributed by atoms with Gasteiger partial charge in [0.1, 0.15) is 6.07 Å². The summed E-state index contributed by atoms with van der Waals surface area (Å²) in [6.07, 6.45) is 0.795. The summed E-state index contributed by atoms with van der Waals surface area (Å²) in [4.78, 5) is 0. The van der Waals surface area contributed by atoms with Crippen molar-refractivity contribution in [1.29, 1.82) is 5.26 Å². The van der Waals surface area contributed by atoms with E-state index in [1.54, 1.807) is 4.68 Å². The normalized spacial score (nSPS) is 10.6. The zero-order valence-corrected chi connectivity index (χ0v) is 10.9. The van der Waals surface area contributed by atoms with E-state index in [0.29, 0.717) is 11.6 Å². The van der Waals surface area contributed by atoms with Gasteiger partial charge in [-0.3, -0.25) is 0 Å². The van der Waals surface area contributed by atoms with Crippen molar-refractivity contribution in [2.24, 2.45) is 5.92 Å². The maximum atomic E-state index is 9.07. The van der Waals surface area contributed by atoms with Crippen LogP contribution in [0.25, 0.3) is 5.69 Å². The molecule has 0 saturated heterocycles. The third kappa shape index (κ3) is 2.40. The monoisotopic (exact) mass is 240 g/mol. The molecule has 2 rings (SSSR count). The molecule has 0 N–H and O–H groups in total. The van der Waals surface area contributed by atoms with Gasteiger partial charge in [-0.1, -0.05) is 36.8 Å². The third-order valence-corrected chi connectivity index (χ3v) is 2.75. The molecule has 0 spiro atoms. The Labute approximate surface area is 107 Å². The van der Waals surface area contributed by atoms with Crippen molar-refractivity contribution in [2.45, 2.75) is 27.2 Å². The van der Waals surface area contributed by atoms with Crippen molar-refractivity contribution in [3.8, 4) is 11.8 Å². The minimum Gasteiger partial charge on any atom is -0.216 e. The van der Waals surface area contributed by atoms with Crippen LogP contribution in [0.4, 0.5) is 0 Å². The van der Waals surface area contributed by atoms with Crippen LogP contribution in [0, 0.1) is 24.2 Å². The summed E-state index contributed by atoms with van der Waals surface area (Å²) in [5.74, 6) is 0.458. The van der Waals surface area contributed by atoms with Crippen molar-refractivity contribution in [2.75, 3.05) is 0 Å². The first-order valence-electron chi connectivity index (χ1n) is 6.03. The predicted molar refractivity (Wildman–Crippen MR) is 69.4 cm³/mol. The molecule has 0 atom stereocenters. The Morgan fingerprint density at radius 2 is 1.94 bits per heavy atom. The van der Waals surface area contributed by atoms with Crippen LogP contribution in [0.2, 0.25) is 0 Å². The van der Waals surface area contributed by atoms with Gasteiger partial charge in [-0.25, -0.2) is 4.68 Å². The maximum absolute atomic E-state index is 9.07. The van der Waals surface area contributed by atoms with Crippen molar-refractivity contribution in [3.05, 3.63) is 41.2 Å². The van der Waals surface area contributed by atoms with Crippen LogP contribution in [0.1, 0.15) is 30.8 Å². The van der Waals surface area contributed by atoms with Gasteiger partial charge in [0.15, 0.2) is 5.69 Å². The molecule has 0 radical (unpaired) electrons. The van der Waals surface area contributed by atoms with E-state index in [0.717, 1.165) is 17.8 Å². The fraction of sp³-hybridized carbons (Fsp3) is 0.357. The zero-order valence-electron chi connectivity index (χ0n) is 10.9. The lowest BCUT2D eigenvalue weighted by molar-refractivity contribution is 0.613. The highest BCUT2D eigenvalue weighted by atomic mass is 15.4. The van der Waals surface area contributed by atoms with Gasteiger partial charge in [0, 0.05) is 0 Å². The van der Waals surface area contributed by atoms with Crippen molar-refractivity contribution in [1.82, 2.24) is 15.0 Å². The molecule has 0 unspecified atom stereocenters. The Morgan fingerprint density at radius 3 is 2.50 bits per heavy atom. The molecule has 1 aromatic heterocycles. The fourth-order valence-electron chi connectivity index (χ4n) is 1.85. The molecule has 0 aliphatic carbocycles. The Morgan fingerprint density at radius 1 is 1.28 bits per heavy atom. The lowest BCUT2D eigenvalue weighted by Crippen LogP contribution is -2.06. The number of nitriles is 1. The first kappa shape index (κ1) is 12.3. The highest BCUT2D eigenvalue weighted by Gasteiger charge is 2.14. The molecule has 1 heterocycles. The second-order valence-corrected chi connectivity index (χ2v) is 4.84. The number of hydrogen-bond acceptors (Lipinski definition) is 3. The van der Waals surface area contributed by atoms with Crippen molar-refractivity contribution >= 4 is 0 Å². The Hall–Kier alpha value is -2.15. The van der Waals surface area contributed by atoms with E-state index >= 15 is 0 Å². The quantitative estimate of drug-likeness (QED) is 0.828. The first-order valence-corrected chi connectivity index (χ1v) is 6.03. The SMILES string of the molecule is Cc1ccc(-n2nnc(C#N)c2CC(C)C)cc1. The van der Waals surface area contributed by atoms with Gasteiger partial charge < -0.3 is 0 Å². The number of hydrogen-bond donors (Lipinski definition) is 0. The fourth-order valence-corrected chi connectivity index (χ4v) is 1.85. The summed E-state index contributed by atoms with van der Waals surface area (Å²) >= 11 is 0. The number of nitrogens with zero attached hydrogens (tertiary/aromatic N) is 4. The van der Waals surface area contributed by atoms with E-state index in [9.17, 15) is 0 Å². The highest BCUT2D eigenvalue weighted by Crippen LogP contribution is 2.16. The molecule has 0 bridgehead atoms. The summed E-state index contributed by atoms with van der Waals surface area (Å²) in [6, 6.07) is 10.2. The molecule has 18 heavy (non-hydrogen) atoms. The van der Waals surface area contributed by atoms with Gasteiger partial charge in [-0.15, -0.1) is 5.10 Å². The Bertz CT molecular complexity index is 573. The molecule has 2 aromatic rings. The van der Waals surface area contributed by atoms with E-state index in [2.05, 4.69) is 30.2 Å². The molecular formula is C14H16N4. The lowest BCUT2D eigenvalue weighted by atomic mass is 10.1. The third-order valence-electron chi connectivity index (χ3n) is 2.75.